The molecule has 1 aliphatic heterocycles. The van der Waals surface area contributed by atoms with Gasteiger partial charge in [0.25, 0.3) is 5.22 Å². The fourth-order valence-electron chi connectivity index (χ4n) is 3.49. The fourth-order valence-corrected chi connectivity index (χ4v) is 4.25. The van der Waals surface area contributed by atoms with Crippen LogP contribution in [0.3, 0.4) is 0 Å². The van der Waals surface area contributed by atoms with E-state index < -0.39 is 0 Å². The summed E-state index contributed by atoms with van der Waals surface area (Å²) in [5, 5.41) is 8.25. The number of fused-ring (bicyclic) bond motifs is 1. The van der Waals surface area contributed by atoms with E-state index in [1.807, 2.05) is 30.0 Å². The summed E-state index contributed by atoms with van der Waals surface area (Å²) in [5.74, 6) is 1.64. The first-order valence-electron chi connectivity index (χ1n) is 9.67. The Kier molecular flexibility index (Phi) is 5.94. The van der Waals surface area contributed by atoms with E-state index in [1.54, 1.807) is 26.4 Å². The minimum Gasteiger partial charge on any atom is -0.493 e. The first-order chi connectivity index (χ1) is 14.6. The molecule has 0 saturated carbocycles. The van der Waals surface area contributed by atoms with Gasteiger partial charge in [-0.2, -0.15) is 0 Å². The highest BCUT2D eigenvalue weighted by atomic mass is 32.2. The van der Waals surface area contributed by atoms with Gasteiger partial charge in [0.1, 0.15) is 0 Å². The summed E-state index contributed by atoms with van der Waals surface area (Å²) in [6.07, 6.45) is 0.878. The van der Waals surface area contributed by atoms with Crippen LogP contribution >= 0.6 is 11.8 Å². The van der Waals surface area contributed by atoms with Crippen LogP contribution in [0.15, 0.2) is 52.1 Å². The maximum atomic E-state index is 12.9. The van der Waals surface area contributed by atoms with Crippen molar-refractivity contribution in [2.45, 2.75) is 30.4 Å². The molecule has 0 spiro atoms. The smallest absolute Gasteiger partial charge is 0.277 e. The summed E-state index contributed by atoms with van der Waals surface area (Å²) in [5.41, 5.74) is 3.25. The predicted molar refractivity (Wildman–Crippen MR) is 114 cm³/mol. The molecular weight excluding hydrogens is 402 g/mol. The predicted octanol–water partition coefficient (Wildman–Crippen LogP) is 3.82. The van der Waals surface area contributed by atoms with Gasteiger partial charge in [0.05, 0.1) is 19.5 Å². The fraction of sp³-hybridized carbons (Fsp3) is 0.318. The molecule has 1 atom stereocenters. The number of hydrogen-bond acceptors (Lipinski definition) is 7. The number of ether oxygens (including phenoxy) is 2. The number of hydrogen-bond donors (Lipinski definition) is 0. The topological polar surface area (TPSA) is 77.7 Å². The molecule has 1 aromatic heterocycles. The summed E-state index contributed by atoms with van der Waals surface area (Å²) >= 11 is 1.27. The van der Waals surface area contributed by atoms with Gasteiger partial charge in [0.15, 0.2) is 11.5 Å². The van der Waals surface area contributed by atoms with E-state index in [4.69, 9.17) is 13.9 Å². The highest BCUT2D eigenvalue weighted by Crippen LogP contribution is 2.33. The lowest BCUT2D eigenvalue weighted by Gasteiger charge is -2.30. The van der Waals surface area contributed by atoms with Gasteiger partial charge in [-0.05, 0) is 42.7 Å². The number of rotatable bonds is 6. The zero-order valence-corrected chi connectivity index (χ0v) is 17.9. The molecule has 3 aromatic rings. The standard InChI is InChI=1S/C22H23N3O4S/c1-14(21(26)25-11-10-15-6-4-5-7-17(15)13-25)30-22-24-23-20(29-22)16-8-9-18(27-2)19(12-16)28-3/h4-9,12,14H,10-11,13H2,1-3H3. The van der Waals surface area contributed by atoms with Crippen molar-refractivity contribution in [1.29, 1.82) is 0 Å². The highest BCUT2D eigenvalue weighted by Gasteiger charge is 2.26. The van der Waals surface area contributed by atoms with E-state index in [2.05, 4.69) is 22.3 Å². The Balaban J connectivity index is 1.43. The van der Waals surface area contributed by atoms with Gasteiger partial charge < -0.3 is 18.8 Å². The second-order valence-corrected chi connectivity index (χ2v) is 8.27. The maximum absolute atomic E-state index is 12.9. The van der Waals surface area contributed by atoms with E-state index >= 15 is 0 Å². The number of amides is 1. The molecule has 0 saturated heterocycles. The molecule has 156 valence electrons. The number of thioether (sulfide) groups is 1. The van der Waals surface area contributed by atoms with Gasteiger partial charge >= 0.3 is 0 Å². The number of benzene rings is 2. The molecule has 1 unspecified atom stereocenters. The average molecular weight is 426 g/mol. The number of aromatic nitrogens is 2. The molecule has 4 rings (SSSR count). The molecule has 2 aromatic carbocycles. The summed E-state index contributed by atoms with van der Waals surface area (Å²) in [4.78, 5) is 14.8. The first kappa shape index (κ1) is 20.3. The van der Waals surface area contributed by atoms with Crippen LogP contribution in [0.2, 0.25) is 0 Å². The van der Waals surface area contributed by atoms with Crippen LogP contribution in [0.25, 0.3) is 11.5 Å². The third-order valence-electron chi connectivity index (χ3n) is 5.10. The van der Waals surface area contributed by atoms with E-state index in [0.29, 0.717) is 29.2 Å². The Hall–Kier alpha value is -3.00. The molecule has 0 fully saturated rings. The van der Waals surface area contributed by atoms with Crippen molar-refractivity contribution in [2.75, 3.05) is 20.8 Å². The number of carbonyl (C=O) groups is 1. The van der Waals surface area contributed by atoms with E-state index in [0.717, 1.165) is 18.5 Å². The molecule has 7 nitrogen and oxygen atoms in total. The molecule has 0 bridgehead atoms. The van der Waals surface area contributed by atoms with Crippen molar-refractivity contribution in [3.63, 3.8) is 0 Å². The van der Waals surface area contributed by atoms with E-state index in [9.17, 15) is 4.79 Å². The van der Waals surface area contributed by atoms with Crippen molar-refractivity contribution in [1.82, 2.24) is 15.1 Å². The van der Waals surface area contributed by atoms with Gasteiger partial charge in [-0.15, -0.1) is 10.2 Å². The molecular formula is C22H23N3O4S. The monoisotopic (exact) mass is 425 g/mol. The highest BCUT2D eigenvalue weighted by molar-refractivity contribution is 8.00. The summed E-state index contributed by atoms with van der Waals surface area (Å²) in [7, 11) is 3.15. The van der Waals surface area contributed by atoms with Crippen molar-refractivity contribution in [3.8, 4) is 23.0 Å². The molecule has 0 aliphatic carbocycles. The molecule has 0 radical (unpaired) electrons. The van der Waals surface area contributed by atoms with Crippen molar-refractivity contribution < 1.29 is 18.7 Å². The minimum atomic E-state index is -0.325. The first-order valence-corrected chi connectivity index (χ1v) is 10.5. The lowest BCUT2D eigenvalue weighted by atomic mass is 10.00. The molecule has 0 N–H and O–H groups in total. The summed E-state index contributed by atoms with van der Waals surface area (Å²) in [6.45, 7) is 3.23. The van der Waals surface area contributed by atoms with Crippen LogP contribution in [-0.2, 0) is 17.8 Å². The average Bonchev–Trinajstić information content (AvgIpc) is 3.26. The van der Waals surface area contributed by atoms with Crippen molar-refractivity contribution in [2.24, 2.45) is 0 Å². The van der Waals surface area contributed by atoms with Gasteiger partial charge in [0.2, 0.25) is 11.8 Å². The second kappa shape index (κ2) is 8.79. The van der Waals surface area contributed by atoms with Crippen LogP contribution in [0.5, 0.6) is 11.5 Å². The van der Waals surface area contributed by atoms with Crippen LogP contribution in [0.4, 0.5) is 0 Å². The third kappa shape index (κ3) is 4.14. The molecule has 30 heavy (non-hydrogen) atoms. The Morgan fingerprint density at radius 1 is 1.10 bits per heavy atom. The van der Waals surface area contributed by atoms with Crippen molar-refractivity contribution >= 4 is 17.7 Å². The summed E-state index contributed by atoms with van der Waals surface area (Å²) < 4.78 is 16.4. The van der Waals surface area contributed by atoms with Crippen molar-refractivity contribution in [3.05, 3.63) is 53.6 Å². The molecule has 1 aliphatic rings. The van der Waals surface area contributed by atoms with Gasteiger partial charge in [-0.3, -0.25) is 4.79 Å². The Morgan fingerprint density at radius 2 is 1.87 bits per heavy atom. The Morgan fingerprint density at radius 3 is 2.63 bits per heavy atom. The minimum absolute atomic E-state index is 0.0698. The Bertz CT molecular complexity index is 1050. The normalized spacial score (nSPS) is 14.2. The van der Waals surface area contributed by atoms with E-state index in [1.165, 1.54) is 22.9 Å². The quantitative estimate of drug-likeness (QED) is 0.556. The van der Waals surface area contributed by atoms with Crippen LogP contribution in [-0.4, -0.2) is 47.0 Å². The van der Waals surface area contributed by atoms with E-state index in [-0.39, 0.29) is 11.2 Å². The van der Waals surface area contributed by atoms with Crippen LogP contribution < -0.4 is 9.47 Å². The largest absolute Gasteiger partial charge is 0.493 e. The van der Waals surface area contributed by atoms with Crippen LogP contribution in [0.1, 0.15) is 18.1 Å². The molecule has 8 heteroatoms. The third-order valence-corrected chi connectivity index (χ3v) is 6.03. The SMILES string of the molecule is COc1ccc(-c2nnc(SC(C)C(=O)N3CCc4ccccc4C3)o2)cc1OC. The number of carbonyl (C=O) groups excluding carboxylic acids is 1. The molecule has 2 heterocycles. The number of methoxy groups -OCH3 is 2. The Labute approximate surface area is 179 Å². The maximum Gasteiger partial charge on any atom is 0.277 e. The molecule has 1 amide bonds. The summed E-state index contributed by atoms with van der Waals surface area (Å²) in [6, 6.07) is 13.7. The lowest BCUT2D eigenvalue weighted by molar-refractivity contribution is -0.131. The van der Waals surface area contributed by atoms with Gasteiger partial charge in [-0.1, -0.05) is 36.0 Å². The van der Waals surface area contributed by atoms with Gasteiger partial charge in [-0.25, -0.2) is 0 Å². The van der Waals surface area contributed by atoms with Gasteiger partial charge in [0, 0.05) is 18.7 Å². The second-order valence-electron chi connectivity index (χ2n) is 6.98. The lowest BCUT2D eigenvalue weighted by Crippen LogP contribution is -2.40. The zero-order valence-electron chi connectivity index (χ0n) is 17.1. The number of nitrogens with zero attached hydrogens (tertiary/aromatic N) is 3. The zero-order chi connectivity index (χ0) is 21.1. The van der Waals surface area contributed by atoms with Crippen LogP contribution in [0, 0.1) is 0 Å².